The molecule has 0 radical (unpaired) electrons. The summed E-state index contributed by atoms with van der Waals surface area (Å²) in [5.41, 5.74) is 2.59. The lowest BCUT2D eigenvalue weighted by molar-refractivity contribution is 0.0470. The predicted molar refractivity (Wildman–Crippen MR) is 108 cm³/mol. The van der Waals surface area contributed by atoms with Crippen molar-refractivity contribution in [2.45, 2.75) is 12.8 Å². The number of ether oxygens (including phenoxy) is 1. The second-order valence-electron chi connectivity index (χ2n) is 6.90. The number of fused-ring (bicyclic) bond motifs is 2. The Morgan fingerprint density at radius 1 is 1.21 bits per heavy atom. The van der Waals surface area contributed by atoms with Crippen molar-refractivity contribution in [1.82, 2.24) is 10.2 Å². The van der Waals surface area contributed by atoms with E-state index in [1.54, 1.807) is 36.4 Å². The minimum atomic E-state index is -3.37. The van der Waals surface area contributed by atoms with E-state index in [2.05, 4.69) is 10.2 Å². The number of benzene rings is 2. The van der Waals surface area contributed by atoms with Crippen LogP contribution in [0.5, 0.6) is 0 Å². The van der Waals surface area contributed by atoms with Crippen molar-refractivity contribution in [1.29, 1.82) is 0 Å². The molecule has 0 unspecified atom stereocenters. The molecule has 1 aliphatic rings. The van der Waals surface area contributed by atoms with Gasteiger partial charge in [0.25, 0.3) is 0 Å². The van der Waals surface area contributed by atoms with Crippen molar-refractivity contribution >= 4 is 38.4 Å². The topological polar surface area (TPSA) is 109 Å². The number of hydrogen-bond acceptors (Lipinski definition) is 6. The summed E-state index contributed by atoms with van der Waals surface area (Å²) in [4.78, 5) is 24.8. The fourth-order valence-corrected chi connectivity index (χ4v) is 4.48. The monoisotopic (exact) mass is 413 g/mol. The number of aromatic amines is 1. The van der Waals surface area contributed by atoms with Crippen LogP contribution in [0.2, 0.25) is 0 Å². The number of aryl methyl sites for hydroxylation is 1. The molecule has 2 aromatic carbocycles. The van der Waals surface area contributed by atoms with Crippen LogP contribution in [-0.4, -0.2) is 49.8 Å². The zero-order chi connectivity index (χ0) is 20.6. The molecule has 0 amide bonds. The third kappa shape index (κ3) is 3.73. The molecule has 9 heteroatoms. The number of rotatable bonds is 5. The maximum Gasteiger partial charge on any atom is 0.359 e. The van der Waals surface area contributed by atoms with Crippen molar-refractivity contribution in [3.8, 4) is 0 Å². The van der Waals surface area contributed by atoms with Crippen LogP contribution in [0.25, 0.3) is 10.9 Å². The molecular weight excluding hydrogens is 394 g/mol. The number of para-hydroxylation sites is 1. The number of esters is 1. The van der Waals surface area contributed by atoms with Gasteiger partial charge in [-0.15, -0.1) is 0 Å². The fourth-order valence-electron chi connectivity index (χ4n) is 3.48. The summed E-state index contributed by atoms with van der Waals surface area (Å²) in [7, 11) is -3.37. The van der Waals surface area contributed by atoms with E-state index in [1.807, 2.05) is 6.07 Å². The quantitative estimate of drug-likeness (QED) is 0.508. The molecule has 8 nitrogen and oxygen atoms in total. The van der Waals surface area contributed by atoms with Crippen LogP contribution in [0, 0.1) is 0 Å². The van der Waals surface area contributed by atoms with E-state index < -0.39 is 22.6 Å². The summed E-state index contributed by atoms with van der Waals surface area (Å²) in [5, 5.41) is 7.34. The molecule has 150 valence electrons. The van der Waals surface area contributed by atoms with Crippen molar-refractivity contribution in [3.05, 3.63) is 59.3 Å². The molecule has 0 spiro atoms. The Kier molecular flexibility index (Phi) is 4.83. The Morgan fingerprint density at radius 2 is 2.00 bits per heavy atom. The van der Waals surface area contributed by atoms with E-state index in [9.17, 15) is 18.0 Å². The van der Waals surface area contributed by atoms with Gasteiger partial charge in [0.1, 0.15) is 0 Å². The van der Waals surface area contributed by atoms with Gasteiger partial charge in [0.2, 0.25) is 10.0 Å². The SMILES string of the molecule is CS(=O)(=O)N1CCCc2cc(C(=O)COC(=O)c3n[nH]c4ccccc34)ccc21. The molecule has 0 saturated heterocycles. The summed E-state index contributed by atoms with van der Waals surface area (Å²) in [6.45, 7) is 0.00293. The van der Waals surface area contributed by atoms with Gasteiger partial charge in [0.05, 0.1) is 17.5 Å². The molecular formula is C20H19N3O5S. The molecule has 0 bridgehead atoms. The molecule has 1 aromatic heterocycles. The molecule has 4 rings (SSSR count). The maximum absolute atomic E-state index is 12.5. The fraction of sp³-hybridized carbons (Fsp3) is 0.250. The number of aromatic nitrogens is 2. The average Bonchev–Trinajstić information content (AvgIpc) is 3.14. The molecule has 0 saturated carbocycles. The Morgan fingerprint density at radius 3 is 2.79 bits per heavy atom. The average molecular weight is 413 g/mol. The van der Waals surface area contributed by atoms with Gasteiger partial charge in [0.15, 0.2) is 18.1 Å². The molecule has 0 fully saturated rings. The lowest BCUT2D eigenvalue weighted by Gasteiger charge is -2.29. The highest BCUT2D eigenvalue weighted by Crippen LogP contribution is 2.30. The Balaban J connectivity index is 1.48. The molecule has 2 heterocycles. The highest BCUT2D eigenvalue weighted by Gasteiger charge is 2.25. The number of Topliss-reactive ketones (excluding diaryl/α,β-unsaturated/α-hetero) is 1. The number of carbonyl (C=O) groups is 2. The van der Waals surface area contributed by atoms with Gasteiger partial charge in [-0.1, -0.05) is 18.2 Å². The Hall–Kier alpha value is -3.20. The second kappa shape index (κ2) is 7.32. The lowest BCUT2D eigenvalue weighted by Crippen LogP contribution is -2.34. The van der Waals surface area contributed by atoms with Crippen LogP contribution in [0.3, 0.4) is 0 Å². The first-order valence-electron chi connectivity index (χ1n) is 9.08. The number of nitrogens with zero attached hydrogens (tertiary/aromatic N) is 2. The minimum absolute atomic E-state index is 0.127. The zero-order valence-corrected chi connectivity index (χ0v) is 16.5. The van der Waals surface area contributed by atoms with E-state index in [-0.39, 0.29) is 11.5 Å². The normalized spacial score (nSPS) is 13.9. The zero-order valence-electron chi connectivity index (χ0n) is 15.7. The largest absolute Gasteiger partial charge is 0.452 e. The van der Waals surface area contributed by atoms with Gasteiger partial charge in [-0.3, -0.25) is 14.2 Å². The van der Waals surface area contributed by atoms with E-state index in [1.165, 1.54) is 10.6 Å². The first-order chi connectivity index (χ1) is 13.8. The number of nitrogens with one attached hydrogen (secondary N) is 1. The number of hydrogen-bond donors (Lipinski definition) is 1. The van der Waals surface area contributed by atoms with Crippen LogP contribution in [-0.2, 0) is 21.2 Å². The summed E-state index contributed by atoms with van der Waals surface area (Å²) in [6, 6.07) is 12.0. The molecule has 29 heavy (non-hydrogen) atoms. The maximum atomic E-state index is 12.5. The highest BCUT2D eigenvalue weighted by atomic mass is 32.2. The van der Waals surface area contributed by atoms with Crippen molar-refractivity contribution in [3.63, 3.8) is 0 Å². The van der Waals surface area contributed by atoms with Gasteiger partial charge in [-0.05, 0) is 42.7 Å². The third-order valence-corrected chi connectivity index (χ3v) is 6.06. The molecule has 1 N–H and O–H groups in total. The molecule has 0 aliphatic carbocycles. The smallest absolute Gasteiger partial charge is 0.359 e. The molecule has 3 aromatic rings. The Bertz CT molecular complexity index is 1220. The highest BCUT2D eigenvalue weighted by molar-refractivity contribution is 7.92. The van der Waals surface area contributed by atoms with Crippen LogP contribution >= 0.6 is 0 Å². The van der Waals surface area contributed by atoms with Crippen LogP contribution in [0.15, 0.2) is 42.5 Å². The summed E-state index contributed by atoms with van der Waals surface area (Å²) >= 11 is 0. The van der Waals surface area contributed by atoms with E-state index in [4.69, 9.17) is 4.74 Å². The number of sulfonamides is 1. The standard InChI is InChI=1S/C20H19N3O5S/c1-29(26,27)23-10-4-5-13-11-14(8-9-17(13)23)18(24)12-28-20(25)19-15-6-2-3-7-16(15)21-22-19/h2-3,6-9,11H,4-5,10,12H2,1H3,(H,21,22). The van der Waals surface area contributed by atoms with Crippen molar-refractivity contribution in [2.75, 3.05) is 23.7 Å². The number of ketones is 1. The van der Waals surface area contributed by atoms with E-state index in [0.717, 1.165) is 5.56 Å². The van der Waals surface area contributed by atoms with Crippen molar-refractivity contribution < 1.29 is 22.7 Å². The van der Waals surface area contributed by atoms with Gasteiger partial charge in [0, 0.05) is 17.5 Å². The first-order valence-corrected chi connectivity index (χ1v) is 10.9. The second-order valence-corrected chi connectivity index (χ2v) is 8.81. The van der Waals surface area contributed by atoms with Gasteiger partial charge in [-0.25, -0.2) is 13.2 Å². The van der Waals surface area contributed by atoms with Crippen LogP contribution < -0.4 is 4.31 Å². The lowest BCUT2D eigenvalue weighted by atomic mass is 9.99. The Labute approximate surface area is 167 Å². The van der Waals surface area contributed by atoms with Gasteiger partial charge >= 0.3 is 5.97 Å². The summed E-state index contributed by atoms with van der Waals surface area (Å²) in [5.74, 6) is -1.05. The number of H-pyrrole nitrogens is 1. The molecule has 1 aliphatic heterocycles. The summed E-state index contributed by atoms with van der Waals surface area (Å²) in [6.07, 6.45) is 2.53. The van der Waals surface area contributed by atoms with Crippen LogP contribution in [0.4, 0.5) is 5.69 Å². The van der Waals surface area contributed by atoms with Gasteiger partial charge in [-0.2, -0.15) is 5.10 Å². The number of anilines is 1. The predicted octanol–water partition coefficient (Wildman–Crippen LogP) is 2.31. The molecule has 0 atom stereocenters. The van der Waals surface area contributed by atoms with E-state index in [0.29, 0.717) is 41.5 Å². The van der Waals surface area contributed by atoms with Crippen molar-refractivity contribution in [2.24, 2.45) is 0 Å². The third-order valence-electron chi connectivity index (χ3n) is 4.88. The minimum Gasteiger partial charge on any atom is -0.452 e. The summed E-state index contributed by atoms with van der Waals surface area (Å²) < 4.78 is 30.4. The van der Waals surface area contributed by atoms with Gasteiger partial charge < -0.3 is 4.74 Å². The van der Waals surface area contributed by atoms with E-state index >= 15 is 0 Å². The number of carbonyl (C=O) groups excluding carboxylic acids is 2. The van der Waals surface area contributed by atoms with Crippen LogP contribution in [0.1, 0.15) is 32.8 Å². The first kappa shape index (κ1) is 19.1.